The molecule has 0 radical (unpaired) electrons. The lowest BCUT2D eigenvalue weighted by Crippen LogP contribution is -2.21. The maximum absolute atomic E-state index is 10.8. The van der Waals surface area contributed by atoms with Crippen LogP contribution in [0.4, 0.5) is 0 Å². The summed E-state index contributed by atoms with van der Waals surface area (Å²) in [5.41, 5.74) is -0.385. The quantitative estimate of drug-likeness (QED) is 0.723. The molecule has 0 saturated carbocycles. The third kappa shape index (κ3) is 6.61. The molecule has 0 aliphatic rings. The van der Waals surface area contributed by atoms with Gasteiger partial charge in [-0.15, -0.1) is 0 Å². The zero-order valence-electron chi connectivity index (χ0n) is 9.56. The molecule has 5 heteroatoms. The first-order valence-corrected chi connectivity index (χ1v) is 4.80. The maximum atomic E-state index is 10.8. The summed E-state index contributed by atoms with van der Waals surface area (Å²) in [6.07, 6.45) is 0.200. The predicted molar refractivity (Wildman–Crippen MR) is 55.4 cm³/mol. The number of azo groups is 1. The second-order valence-corrected chi connectivity index (χ2v) is 4.51. The number of hydrogen-bond donors (Lipinski definition) is 1. The summed E-state index contributed by atoms with van der Waals surface area (Å²) in [6, 6.07) is 1.06. The first-order valence-electron chi connectivity index (χ1n) is 4.80. The van der Waals surface area contributed by atoms with Crippen LogP contribution in [0.5, 0.6) is 0 Å². The summed E-state index contributed by atoms with van der Waals surface area (Å²) < 4.78 is 0. The molecule has 0 aromatic heterocycles. The molecule has 0 aromatic carbocycles. The van der Waals surface area contributed by atoms with E-state index in [9.17, 15) is 4.79 Å². The molecule has 2 unspecified atom stereocenters. The van der Waals surface area contributed by atoms with Gasteiger partial charge in [-0.1, -0.05) is 0 Å². The van der Waals surface area contributed by atoms with Crippen LogP contribution in [0.25, 0.3) is 0 Å². The Bertz CT molecular complexity index is 286. The summed E-state index contributed by atoms with van der Waals surface area (Å²) in [7, 11) is 0. The lowest BCUT2D eigenvalue weighted by atomic mass is 10.0. The van der Waals surface area contributed by atoms with E-state index in [1.807, 2.05) is 26.8 Å². The van der Waals surface area contributed by atoms with Gasteiger partial charge >= 0.3 is 5.97 Å². The van der Waals surface area contributed by atoms with Gasteiger partial charge in [-0.2, -0.15) is 15.5 Å². The van der Waals surface area contributed by atoms with Gasteiger partial charge in [0.1, 0.15) is 0 Å². The van der Waals surface area contributed by atoms with Crippen LogP contribution in [-0.4, -0.2) is 22.7 Å². The predicted octanol–water partition coefficient (Wildman–Crippen LogP) is 2.24. The molecular formula is C10H17N3O2. The average molecular weight is 211 g/mol. The Balaban J connectivity index is 4.51. The number of rotatable bonds is 4. The molecule has 5 nitrogen and oxygen atoms in total. The fourth-order valence-corrected chi connectivity index (χ4v) is 0.828. The minimum absolute atomic E-state index is 0.200. The van der Waals surface area contributed by atoms with Crippen LogP contribution in [0.2, 0.25) is 0 Å². The summed E-state index contributed by atoms with van der Waals surface area (Å²) in [4.78, 5) is 10.8. The second kappa shape index (κ2) is 5.44. The van der Waals surface area contributed by atoms with E-state index in [1.165, 1.54) is 0 Å². The van der Waals surface area contributed by atoms with Crippen LogP contribution in [0.3, 0.4) is 0 Å². The highest BCUT2D eigenvalue weighted by Crippen LogP contribution is 2.13. The zero-order valence-corrected chi connectivity index (χ0v) is 9.56. The van der Waals surface area contributed by atoms with Crippen LogP contribution >= 0.6 is 0 Å². The van der Waals surface area contributed by atoms with Crippen LogP contribution in [0, 0.1) is 17.2 Å². The Morgan fingerprint density at radius 1 is 1.53 bits per heavy atom. The van der Waals surface area contributed by atoms with Gasteiger partial charge in [0.25, 0.3) is 0 Å². The van der Waals surface area contributed by atoms with Gasteiger partial charge in [0, 0.05) is 5.92 Å². The van der Waals surface area contributed by atoms with Gasteiger partial charge in [0.2, 0.25) is 0 Å². The Hall–Kier alpha value is -1.44. The van der Waals surface area contributed by atoms with Crippen molar-refractivity contribution in [2.75, 3.05) is 0 Å². The lowest BCUT2D eigenvalue weighted by molar-refractivity contribution is -0.138. The third-order valence-corrected chi connectivity index (χ3v) is 1.58. The molecule has 84 valence electrons. The number of nitriles is 1. The first kappa shape index (κ1) is 13.6. The summed E-state index contributed by atoms with van der Waals surface area (Å²) in [6.45, 7) is 7.18. The molecular weight excluding hydrogens is 194 g/mol. The molecule has 0 rings (SSSR count). The van der Waals surface area contributed by atoms with Crippen molar-refractivity contribution in [1.29, 1.82) is 5.26 Å². The minimum Gasteiger partial charge on any atom is -0.480 e. The Labute approximate surface area is 89.8 Å². The van der Waals surface area contributed by atoms with Gasteiger partial charge in [-0.3, -0.25) is 0 Å². The highest BCUT2D eigenvalue weighted by molar-refractivity contribution is 5.73. The first-order chi connectivity index (χ1) is 6.76. The molecule has 2 atom stereocenters. The molecule has 0 aliphatic carbocycles. The number of aliphatic carboxylic acids is 1. The molecule has 0 heterocycles. The summed E-state index contributed by atoms with van der Waals surface area (Å²) >= 11 is 0. The van der Waals surface area contributed by atoms with E-state index in [0.717, 1.165) is 0 Å². The number of nitrogens with zero attached hydrogens (tertiary/aromatic N) is 3. The molecule has 0 amide bonds. The molecule has 0 bridgehead atoms. The van der Waals surface area contributed by atoms with Crippen molar-refractivity contribution in [1.82, 2.24) is 0 Å². The monoisotopic (exact) mass is 211 g/mol. The Morgan fingerprint density at radius 2 is 2.07 bits per heavy atom. The van der Waals surface area contributed by atoms with E-state index >= 15 is 0 Å². The zero-order chi connectivity index (χ0) is 12.1. The molecule has 0 aliphatic heterocycles. The second-order valence-electron chi connectivity index (χ2n) is 4.51. The van der Waals surface area contributed by atoms with Gasteiger partial charge < -0.3 is 5.11 Å². The molecule has 1 N–H and O–H groups in total. The van der Waals surface area contributed by atoms with Crippen molar-refractivity contribution in [3.8, 4) is 6.07 Å². The van der Waals surface area contributed by atoms with Gasteiger partial charge in [-0.25, -0.2) is 4.79 Å². The SMILES string of the molecule is CC(C#N)CC(/N=N/C(C)(C)C)C(=O)O. The standard InChI is InChI=1S/C10H17N3O2/c1-7(6-11)5-8(9(14)15)12-13-10(2,3)4/h7-8H,5H2,1-4H3,(H,14,15)/b13-12+. The fraction of sp³-hybridized carbons (Fsp3) is 0.800. The van der Waals surface area contributed by atoms with Crippen molar-refractivity contribution < 1.29 is 9.90 Å². The average Bonchev–Trinajstić information content (AvgIpc) is 2.09. The number of carbonyl (C=O) groups is 1. The fourth-order valence-electron chi connectivity index (χ4n) is 0.828. The van der Waals surface area contributed by atoms with Crippen molar-refractivity contribution in [3.63, 3.8) is 0 Å². The molecule has 0 spiro atoms. The van der Waals surface area contributed by atoms with Gasteiger partial charge in [0.05, 0.1) is 11.6 Å². The molecule has 15 heavy (non-hydrogen) atoms. The van der Waals surface area contributed by atoms with Crippen molar-refractivity contribution in [3.05, 3.63) is 0 Å². The van der Waals surface area contributed by atoms with E-state index in [1.54, 1.807) is 6.92 Å². The van der Waals surface area contributed by atoms with Crippen LogP contribution in [0.1, 0.15) is 34.1 Å². The summed E-state index contributed by atoms with van der Waals surface area (Å²) in [5, 5.41) is 25.1. The van der Waals surface area contributed by atoms with E-state index in [4.69, 9.17) is 10.4 Å². The van der Waals surface area contributed by atoms with Crippen molar-refractivity contribution in [2.45, 2.75) is 45.7 Å². The topological polar surface area (TPSA) is 85.8 Å². The number of carboxylic acids is 1. The smallest absolute Gasteiger partial charge is 0.330 e. The molecule has 0 saturated heterocycles. The van der Waals surface area contributed by atoms with Crippen LogP contribution in [-0.2, 0) is 4.79 Å². The van der Waals surface area contributed by atoms with E-state index in [0.29, 0.717) is 0 Å². The van der Waals surface area contributed by atoms with E-state index in [-0.39, 0.29) is 17.9 Å². The van der Waals surface area contributed by atoms with Crippen LogP contribution in [0.15, 0.2) is 10.2 Å². The Kier molecular flexibility index (Phi) is 4.92. The highest BCUT2D eigenvalue weighted by Gasteiger charge is 2.20. The third-order valence-electron chi connectivity index (χ3n) is 1.58. The minimum atomic E-state index is -1.04. The van der Waals surface area contributed by atoms with Gasteiger partial charge in [-0.05, 0) is 34.1 Å². The highest BCUT2D eigenvalue weighted by atomic mass is 16.4. The lowest BCUT2D eigenvalue weighted by Gasteiger charge is -2.12. The largest absolute Gasteiger partial charge is 0.480 e. The van der Waals surface area contributed by atoms with Gasteiger partial charge in [0.15, 0.2) is 6.04 Å². The summed E-state index contributed by atoms with van der Waals surface area (Å²) in [5.74, 6) is -1.37. The normalized spacial score (nSPS) is 15.9. The Morgan fingerprint density at radius 3 is 2.40 bits per heavy atom. The van der Waals surface area contributed by atoms with E-state index < -0.39 is 12.0 Å². The van der Waals surface area contributed by atoms with E-state index in [2.05, 4.69) is 10.2 Å². The number of carboxylic acid groups (broad SMARTS) is 1. The van der Waals surface area contributed by atoms with Crippen molar-refractivity contribution in [2.24, 2.45) is 16.1 Å². The molecule has 0 fully saturated rings. The van der Waals surface area contributed by atoms with Crippen molar-refractivity contribution >= 4 is 5.97 Å². The maximum Gasteiger partial charge on any atom is 0.330 e. The number of hydrogen-bond acceptors (Lipinski definition) is 4. The van der Waals surface area contributed by atoms with Crippen LogP contribution < -0.4 is 0 Å². The molecule has 0 aromatic rings.